The number of halogens is 3. The van der Waals surface area contributed by atoms with Crippen LogP contribution in [0.1, 0.15) is 16.7 Å². The predicted octanol–water partition coefficient (Wildman–Crippen LogP) is 6.32. The molecule has 170 valence electrons. The Bertz CT molecular complexity index is 1310. The number of hydrogen-bond donors (Lipinski definition) is 0. The number of nitrogens with zero attached hydrogens (tertiary/aromatic N) is 4. The molecule has 0 atom stereocenters. The minimum absolute atomic E-state index is 0.601. The zero-order valence-electron chi connectivity index (χ0n) is 18.4. The lowest BCUT2D eigenvalue weighted by Crippen LogP contribution is -2.47. The van der Waals surface area contributed by atoms with Crippen molar-refractivity contribution < 1.29 is 13.2 Å². The lowest BCUT2D eigenvalue weighted by Gasteiger charge is -2.37. The smallest absolute Gasteiger partial charge is 0.368 e. The van der Waals surface area contributed by atoms with E-state index in [0.717, 1.165) is 33.2 Å². The molecule has 0 saturated carbocycles. The highest BCUT2D eigenvalue weighted by Crippen LogP contribution is 2.39. The van der Waals surface area contributed by atoms with Crippen LogP contribution in [0.25, 0.3) is 21.3 Å². The van der Waals surface area contributed by atoms with Crippen LogP contribution in [0.5, 0.6) is 0 Å². The maximum Gasteiger partial charge on any atom is 0.416 e. The van der Waals surface area contributed by atoms with Crippen molar-refractivity contribution in [2.75, 3.05) is 36.0 Å². The zero-order valence-corrected chi connectivity index (χ0v) is 19.2. The number of thiophene rings is 1. The first kappa shape index (κ1) is 21.7. The molecule has 5 rings (SSSR count). The minimum atomic E-state index is -4.34. The first-order valence-electron chi connectivity index (χ1n) is 10.8. The molecule has 1 aliphatic heterocycles. The van der Waals surface area contributed by atoms with Crippen molar-refractivity contribution in [1.29, 1.82) is 0 Å². The van der Waals surface area contributed by atoms with Gasteiger partial charge in [-0.05, 0) is 48.7 Å². The average molecular weight is 469 g/mol. The normalized spacial score (nSPS) is 14.8. The number of aromatic nitrogens is 2. The Balaban J connectivity index is 1.42. The van der Waals surface area contributed by atoms with E-state index in [2.05, 4.69) is 52.3 Å². The Kier molecular flexibility index (Phi) is 5.48. The standard InChI is InChI=1S/C25H23F3N4S/c1-16-6-7-18(12-17(16)2)21-14-33-24-22(21)23(29-15-30-24)32-10-8-31(9-11-32)20-5-3-4-19(13-20)25(26,27)28/h3-7,12-15H,8-11H2,1-2H3. The molecule has 0 unspecified atom stereocenters. The van der Waals surface area contributed by atoms with Gasteiger partial charge in [-0.3, -0.25) is 0 Å². The highest BCUT2D eigenvalue weighted by molar-refractivity contribution is 7.17. The van der Waals surface area contributed by atoms with Crippen LogP contribution < -0.4 is 9.80 Å². The molecule has 33 heavy (non-hydrogen) atoms. The number of rotatable bonds is 3. The van der Waals surface area contributed by atoms with Crippen LogP contribution in [-0.4, -0.2) is 36.1 Å². The van der Waals surface area contributed by atoms with E-state index in [1.54, 1.807) is 23.7 Å². The number of hydrogen-bond acceptors (Lipinski definition) is 5. The predicted molar refractivity (Wildman–Crippen MR) is 128 cm³/mol. The Labute approximate surface area is 194 Å². The summed E-state index contributed by atoms with van der Waals surface area (Å²) in [6.07, 6.45) is -2.74. The fourth-order valence-corrected chi connectivity index (χ4v) is 5.19. The molecule has 0 N–H and O–H groups in total. The summed E-state index contributed by atoms with van der Waals surface area (Å²) in [4.78, 5) is 14.3. The zero-order chi connectivity index (χ0) is 23.2. The molecule has 0 aliphatic carbocycles. The second-order valence-electron chi connectivity index (χ2n) is 8.35. The van der Waals surface area contributed by atoms with Gasteiger partial charge in [-0.2, -0.15) is 13.2 Å². The maximum atomic E-state index is 13.1. The molecule has 2 aromatic carbocycles. The molecule has 3 heterocycles. The number of alkyl halides is 3. The molecular weight excluding hydrogens is 445 g/mol. The van der Waals surface area contributed by atoms with E-state index in [-0.39, 0.29) is 0 Å². The van der Waals surface area contributed by atoms with Gasteiger partial charge in [0.15, 0.2) is 0 Å². The molecule has 0 radical (unpaired) electrons. The van der Waals surface area contributed by atoms with E-state index in [4.69, 9.17) is 0 Å². The summed E-state index contributed by atoms with van der Waals surface area (Å²) in [5, 5.41) is 3.17. The third-order valence-electron chi connectivity index (χ3n) is 6.29. The lowest BCUT2D eigenvalue weighted by atomic mass is 10.0. The molecule has 0 spiro atoms. The van der Waals surface area contributed by atoms with Crippen molar-refractivity contribution in [3.05, 3.63) is 70.9 Å². The Hall–Kier alpha value is -3.13. The maximum absolute atomic E-state index is 13.1. The van der Waals surface area contributed by atoms with Crippen molar-refractivity contribution in [1.82, 2.24) is 9.97 Å². The molecule has 1 aliphatic rings. The van der Waals surface area contributed by atoms with Gasteiger partial charge < -0.3 is 9.80 Å². The van der Waals surface area contributed by atoms with Gasteiger partial charge in [0.25, 0.3) is 0 Å². The second-order valence-corrected chi connectivity index (χ2v) is 9.21. The second kappa shape index (κ2) is 8.33. The number of anilines is 2. The SMILES string of the molecule is Cc1ccc(-c2csc3ncnc(N4CCN(c5cccc(C(F)(F)F)c5)CC4)c23)cc1C. The average Bonchev–Trinajstić information content (AvgIpc) is 3.25. The molecule has 2 aromatic heterocycles. The van der Waals surface area contributed by atoms with E-state index in [1.165, 1.54) is 23.3 Å². The molecule has 8 heteroatoms. The van der Waals surface area contributed by atoms with Gasteiger partial charge >= 0.3 is 6.18 Å². The van der Waals surface area contributed by atoms with Gasteiger partial charge in [0.1, 0.15) is 17.0 Å². The van der Waals surface area contributed by atoms with Crippen LogP contribution in [0.4, 0.5) is 24.7 Å². The van der Waals surface area contributed by atoms with Crippen LogP contribution in [0, 0.1) is 13.8 Å². The molecule has 4 nitrogen and oxygen atoms in total. The Morgan fingerprint density at radius 2 is 1.64 bits per heavy atom. The summed E-state index contributed by atoms with van der Waals surface area (Å²) >= 11 is 1.60. The lowest BCUT2D eigenvalue weighted by molar-refractivity contribution is -0.137. The first-order valence-corrected chi connectivity index (χ1v) is 11.7. The van der Waals surface area contributed by atoms with E-state index < -0.39 is 11.7 Å². The molecule has 4 aromatic rings. The van der Waals surface area contributed by atoms with Crippen molar-refractivity contribution in [3.8, 4) is 11.1 Å². The monoisotopic (exact) mass is 468 g/mol. The van der Waals surface area contributed by atoms with E-state index in [0.29, 0.717) is 31.9 Å². The van der Waals surface area contributed by atoms with E-state index in [1.807, 2.05) is 4.90 Å². The third kappa shape index (κ3) is 4.15. The first-order chi connectivity index (χ1) is 15.8. The summed E-state index contributed by atoms with van der Waals surface area (Å²) in [5.41, 5.74) is 4.73. The van der Waals surface area contributed by atoms with Gasteiger partial charge in [0, 0.05) is 42.8 Å². The fourth-order valence-electron chi connectivity index (χ4n) is 4.28. The van der Waals surface area contributed by atoms with Crippen molar-refractivity contribution in [3.63, 3.8) is 0 Å². The van der Waals surface area contributed by atoms with Gasteiger partial charge in [-0.25, -0.2) is 9.97 Å². The highest BCUT2D eigenvalue weighted by Gasteiger charge is 2.31. The molecule has 1 saturated heterocycles. The third-order valence-corrected chi connectivity index (χ3v) is 7.17. The van der Waals surface area contributed by atoms with Crippen molar-refractivity contribution >= 4 is 33.1 Å². The topological polar surface area (TPSA) is 32.3 Å². The van der Waals surface area contributed by atoms with Crippen LogP contribution in [0.2, 0.25) is 0 Å². The number of benzene rings is 2. The highest BCUT2D eigenvalue weighted by atomic mass is 32.1. The van der Waals surface area contributed by atoms with E-state index >= 15 is 0 Å². The molecule has 1 fully saturated rings. The minimum Gasteiger partial charge on any atom is -0.368 e. The van der Waals surface area contributed by atoms with E-state index in [9.17, 15) is 13.2 Å². The Morgan fingerprint density at radius 3 is 2.36 bits per heavy atom. The van der Waals surface area contributed by atoms with Gasteiger partial charge in [0.2, 0.25) is 0 Å². The number of piperazine rings is 1. The van der Waals surface area contributed by atoms with Crippen molar-refractivity contribution in [2.45, 2.75) is 20.0 Å². The Morgan fingerprint density at radius 1 is 0.879 bits per heavy atom. The van der Waals surface area contributed by atoms with Crippen molar-refractivity contribution in [2.24, 2.45) is 0 Å². The summed E-state index contributed by atoms with van der Waals surface area (Å²) in [6.45, 7) is 6.79. The largest absolute Gasteiger partial charge is 0.416 e. The van der Waals surface area contributed by atoms with Gasteiger partial charge in [-0.1, -0.05) is 24.3 Å². The molecular formula is C25H23F3N4S. The fraction of sp³-hybridized carbons (Fsp3) is 0.280. The van der Waals surface area contributed by atoms with Gasteiger partial charge in [0.05, 0.1) is 10.9 Å². The van der Waals surface area contributed by atoms with Crippen LogP contribution in [0.15, 0.2) is 54.2 Å². The summed E-state index contributed by atoms with van der Waals surface area (Å²) in [6, 6.07) is 12.0. The summed E-state index contributed by atoms with van der Waals surface area (Å²) in [7, 11) is 0. The summed E-state index contributed by atoms with van der Waals surface area (Å²) < 4.78 is 39.4. The number of aryl methyl sites for hydroxylation is 2. The van der Waals surface area contributed by atoms with Crippen LogP contribution in [0.3, 0.4) is 0 Å². The quantitative estimate of drug-likeness (QED) is 0.352. The molecule has 0 amide bonds. The number of fused-ring (bicyclic) bond motifs is 1. The summed E-state index contributed by atoms with van der Waals surface area (Å²) in [5.74, 6) is 0.887. The van der Waals surface area contributed by atoms with Crippen LogP contribution >= 0.6 is 11.3 Å². The van der Waals surface area contributed by atoms with Crippen LogP contribution in [-0.2, 0) is 6.18 Å². The molecule has 0 bridgehead atoms. The van der Waals surface area contributed by atoms with Gasteiger partial charge in [-0.15, -0.1) is 11.3 Å².